The fraction of sp³-hybridized carbons (Fsp3) is 0.579. The van der Waals surface area contributed by atoms with E-state index in [1.165, 1.54) is 0 Å². The third-order valence-corrected chi connectivity index (χ3v) is 4.49. The molecule has 0 saturated carbocycles. The number of carboxylic acids is 1. The van der Waals surface area contributed by atoms with Crippen LogP contribution in [0.3, 0.4) is 0 Å². The Morgan fingerprint density at radius 1 is 1.29 bits per heavy atom. The van der Waals surface area contributed by atoms with E-state index in [9.17, 15) is 9.59 Å². The van der Waals surface area contributed by atoms with Crippen molar-refractivity contribution >= 4 is 11.8 Å². The SMILES string of the molecule is CCCOc1ccc(C)cc1C(=O)CCN1CCC(C(=O)O)CC1. The lowest BCUT2D eigenvalue weighted by Gasteiger charge is -2.29. The number of hydrogen-bond acceptors (Lipinski definition) is 4. The number of carboxylic acid groups (broad SMARTS) is 1. The monoisotopic (exact) mass is 333 g/mol. The lowest BCUT2D eigenvalue weighted by atomic mass is 9.96. The van der Waals surface area contributed by atoms with Crippen molar-refractivity contribution in [1.29, 1.82) is 0 Å². The number of nitrogens with zero attached hydrogens (tertiary/aromatic N) is 1. The van der Waals surface area contributed by atoms with Gasteiger partial charge in [0.1, 0.15) is 5.75 Å². The Hall–Kier alpha value is -1.88. The average Bonchev–Trinajstić information content (AvgIpc) is 2.58. The molecule has 1 fully saturated rings. The predicted octanol–water partition coefficient (Wildman–Crippen LogP) is 3.15. The lowest BCUT2D eigenvalue weighted by molar-refractivity contribution is -0.143. The van der Waals surface area contributed by atoms with Gasteiger partial charge in [0.15, 0.2) is 5.78 Å². The van der Waals surface area contributed by atoms with Gasteiger partial charge in [-0.3, -0.25) is 9.59 Å². The van der Waals surface area contributed by atoms with Crippen LogP contribution in [-0.4, -0.2) is 48.0 Å². The molecule has 0 radical (unpaired) electrons. The van der Waals surface area contributed by atoms with E-state index in [2.05, 4.69) is 4.90 Å². The third-order valence-electron chi connectivity index (χ3n) is 4.49. The summed E-state index contributed by atoms with van der Waals surface area (Å²) >= 11 is 0. The van der Waals surface area contributed by atoms with Crippen molar-refractivity contribution in [2.24, 2.45) is 5.92 Å². The predicted molar refractivity (Wildman–Crippen MR) is 92.7 cm³/mol. The van der Waals surface area contributed by atoms with Gasteiger partial charge in [-0.15, -0.1) is 0 Å². The molecule has 0 bridgehead atoms. The highest BCUT2D eigenvalue weighted by Gasteiger charge is 2.24. The average molecular weight is 333 g/mol. The summed E-state index contributed by atoms with van der Waals surface area (Å²) in [6.07, 6.45) is 2.67. The van der Waals surface area contributed by atoms with Gasteiger partial charge >= 0.3 is 5.97 Å². The van der Waals surface area contributed by atoms with Crippen LogP contribution in [-0.2, 0) is 4.79 Å². The van der Waals surface area contributed by atoms with Crippen LogP contribution in [0.5, 0.6) is 5.75 Å². The summed E-state index contributed by atoms with van der Waals surface area (Å²) in [6, 6.07) is 5.72. The van der Waals surface area contributed by atoms with Gasteiger partial charge in [0.2, 0.25) is 0 Å². The van der Waals surface area contributed by atoms with Gasteiger partial charge in [0.25, 0.3) is 0 Å². The first-order chi connectivity index (χ1) is 11.5. The van der Waals surface area contributed by atoms with Crippen molar-refractivity contribution in [3.8, 4) is 5.75 Å². The Balaban J connectivity index is 1.91. The highest BCUT2D eigenvalue weighted by molar-refractivity contribution is 5.99. The van der Waals surface area contributed by atoms with E-state index in [-0.39, 0.29) is 11.7 Å². The number of piperidine rings is 1. The van der Waals surface area contributed by atoms with Crippen molar-refractivity contribution in [2.45, 2.75) is 39.5 Å². The van der Waals surface area contributed by atoms with Crippen molar-refractivity contribution in [1.82, 2.24) is 4.90 Å². The van der Waals surface area contributed by atoms with Gasteiger partial charge in [0, 0.05) is 13.0 Å². The van der Waals surface area contributed by atoms with Crippen LogP contribution in [0.15, 0.2) is 18.2 Å². The molecule has 132 valence electrons. The molecule has 2 rings (SSSR count). The molecule has 1 aliphatic rings. The fourth-order valence-electron chi connectivity index (χ4n) is 3.00. The fourth-order valence-corrected chi connectivity index (χ4v) is 3.00. The molecule has 0 atom stereocenters. The van der Waals surface area contributed by atoms with Gasteiger partial charge in [-0.25, -0.2) is 0 Å². The van der Waals surface area contributed by atoms with Crippen LogP contribution in [0, 0.1) is 12.8 Å². The molecule has 1 saturated heterocycles. The topological polar surface area (TPSA) is 66.8 Å². The van der Waals surface area contributed by atoms with Gasteiger partial charge in [-0.05, 0) is 51.4 Å². The summed E-state index contributed by atoms with van der Waals surface area (Å²) in [7, 11) is 0. The first kappa shape index (κ1) is 18.5. The molecule has 24 heavy (non-hydrogen) atoms. The summed E-state index contributed by atoms with van der Waals surface area (Å²) in [5.41, 5.74) is 1.70. The van der Waals surface area contributed by atoms with E-state index >= 15 is 0 Å². The quantitative estimate of drug-likeness (QED) is 0.740. The number of carbonyl (C=O) groups is 2. The van der Waals surface area contributed by atoms with Crippen LogP contribution in [0.2, 0.25) is 0 Å². The molecule has 0 unspecified atom stereocenters. The van der Waals surface area contributed by atoms with Crippen LogP contribution >= 0.6 is 0 Å². The molecule has 0 aliphatic carbocycles. The van der Waals surface area contributed by atoms with E-state index in [1.54, 1.807) is 0 Å². The zero-order valence-corrected chi connectivity index (χ0v) is 14.6. The Morgan fingerprint density at radius 2 is 2.00 bits per heavy atom. The Labute approximate surface area is 143 Å². The number of hydrogen-bond donors (Lipinski definition) is 1. The minimum absolute atomic E-state index is 0.0881. The Morgan fingerprint density at radius 3 is 2.62 bits per heavy atom. The van der Waals surface area contributed by atoms with E-state index in [0.717, 1.165) is 25.1 Å². The first-order valence-electron chi connectivity index (χ1n) is 8.73. The van der Waals surface area contributed by atoms with Crippen LogP contribution in [0.25, 0.3) is 0 Å². The largest absolute Gasteiger partial charge is 0.493 e. The van der Waals surface area contributed by atoms with E-state index in [1.807, 2.05) is 32.0 Å². The molecule has 5 nitrogen and oxygen atoms in total. The highest BCUT2D eigenvalue weighted by Crippen LogP contribution is 2.23. The molecule has 5 heteroatoms. The number of likely N-dealkylation sites (tertiary alicyclic amines) is 1. The molecular formula is C19H27NO4. The second kappa shape index (κ2) is 8.83. The smallest absolute Gasteiger partial charge is 0.306 e. The van der Waals surface area contributed by atoms with Crippen molar-refractivity contribution in [2.75, 3.05) is 26.2 Å². The molecular weight excluding hydrogens is 306 g/mol. The van der Waals surface area contributed by atoms with Crippen LogP contribution < -0.4 is 4.74 Å². The normalized spacial score (nSPS) is 16.1. The molecule has 1 aliphatic heterocycles. The maximum atomic E-state index is 12.6. The number of Topliss-reactive ketones (excluding diaryl/α,β-unsaturated/α-hetero) is 1. The third kappa shape index (κ3) is 5.06. The molecule has 1 heterocycles. The maximum absolute atomic E-state index is 12.6. The summed E-state index contributed by atoms with van der Waals surface area (Å²) < 4.78 is 5.69. The second-order valence-corrected chi connectivity index (χ2v) is 6.48. The number of aryl methyl sites for hydroxylation is 1. The summed E-state index contributed by atoms with van der Waals surface area (Å²) in [6.45, 7) is 6.78. The lowest BCUT2D eigenvalue weighted by Crippen LogP contribution is -2.37. The van der Waals surface area contributed by atoms with Gasteiger partial charge in [0.05, 0.1) is 18.1 Å². The molecule has 1 aromatic carbocycles. The summed E-state index contributed by atoms with van der Waals surface area (Å²) in [4.78, 5) is 25.8. The zero-order valence-electron chi connectivity index (χ0n) is 14.6. The molecule has 1 aromatic rings. The zero-order chi connectivity index (χ0) is 17.5. The number of rotatable bonds is 8. The minimum Gasteiger partial charge on any atom is -0.493 e. The van der Waals surface area contributed by atoms with Crippen molar-refractivity contribution in [3.05, 3.63) is 29.3 Å². The van der Waals surface area contributed by atoms with Crippen LogP contribution in [0.1, 0.15) is 48.5 Å². The Bertz CT molecular complexity index is 577. The summed E-state index contributed by atoms with van der Waals surface area (Å²) in [5, 5.41) is 9.03. The Kier molecular flexibility index (Phi) is 6.79. The van der Waals surface area contributed by atoms with Gasteiger partial charge < -0.3 is 14.7 Å². The number of aliphatic carboxylic acids is 1. The number of ketones is 1. The first-order valence-corrected chi connectivity index (χ1v) is 8.73. The number of benzene rings is 1. The van der Waals surface area contributed by atoms with Crippen molar-refractivity contribution in [3.63, 3.8) is 0 Å². The molecule has 0 amide bonds. The number of ether oxygens (including phenoxy) is 1. The van der Waals surface area contributed by atoms with E-state index in [0.29, 0.717) is 43.7 Å². The standard InChI is InChI=1S/C19H27NO4/c1-3-12-24-18-5-4-14(2)13-16(18)17(21)8-11-20-9-6-15(7-10-20)19(22)23/h4-5,13,15H,3,6-12H2,1-2H3,(H,22,23). The molecule has 0 aromatic heterocycles. The van der Waals surface area contributed by atoms with E-state index in [4.69, 9.17) is 9.84 Å². The van der Waals surface area contributed by atoms with Crippen LogP contribution in [0.4, 0.5) is 0 Å². The summed E-state index contributed by atoms with van der Waals surface area (Å²) in [5.74, 6) is -0.187. The van der Waals surface area contributed by atoms with Gasteiger partial charge in [-0.2, -0.15) is 0 Å². The minimum atomic E-state index is -0.705. The molecule has 1 N–H and O–H groups in total. The highest BCUT2D eigenvalue weighted by atomic mass is 16.5. The van der Waals surface area contributed by atoms with E-state index < -0.39 is 5.97 Å². The maximum Gasteiger partial charge on any atom is 0.306 e. The second-order valence-electron chi connectivity index (χ2n) is 6.48. The van der Waals surface area contributed by atoms with Crippen molar-refractivity contribution < 1.29 is 19.4 Å². The van der Waals surface area contributed by atoms with Gasteiger partial charge in [-0.1, -0.05) is 18.6 Å². The number of carbonyl (C=O) groups excluding carboxylic acids is 1. The molecule has 0 spiro atoms.